The van der Waals surface area contributed by atoms with Gasteiger partial charge in [-0.05, 0) is 72.8 Å². The molecule has 0 aliphatic carbocycles. The Bertz CT molecular complexity index is 1660. The zero-order valence-corrected chi connectivity index (χ0v) is 26.0. The third kappa shape index (κ3) is 9.03. The Morgan fingerprint density at radius 3 is 2.49 bits per heavy atom. The number of carbonyl (C=O) groups is 1. The van der Waals surface area contributed by atoms with Gasteiger partial charge in [0.05, 0.1) is 35.5 Å². The van der Waals surface area contributed by atoms with Gasteiger partial charge in [0.15, 0.2) is 6.29 Å². The van der Waals surface area contributed by atoms with Crippen molar-refractivity contribution in [2.24, 2.45) is 0 Å². The zero-order valence-electron chi connectivity index (χ0n) is 25.3. The Morgan fingerprint density at radius 1 is 0.978 bits per heavy atom. The molecule has 0 amide bonds. The Kier molecular flexibility index (Phi) is 12.3. The number of rotatable bonds is 16. The molecule has 0 aliphatic rings. The summed E-state index contributed by atoms with van der Waals surface area (Å²) in [6, 6.07) is 18.9. The largest absolute Gasteiger partial charge is 0.493 e. The van der Waals surface area contributed by atoms with Crippen molar-refractivity contribution >= 4 is 17.9 Å². The Morgan fingerprint density at radius 2 is 1.73 bits per heavy atom. The first kappa shape index (κ1) is 33.4. The standard InChI is InChI=1S/C35H36ClN3O6/c1-23-27(6-3-7-30(23)31-8-4-9-33(24(31)2)43-11-5-10-38-18-29(42)20-41)22-45-35-14-34(28(19-40)13-32(35)36)44-21-26-12-25(15-37)16-39-17-26/h3-4,6-9,12-14,16-17,19,29,38,41-42H,5,10-11,18,20-22H2,1-2H3/t29-/m0/s1. The van der Waals surface area contributed by atoms with Crippen LogP contribution in [0.4, 0.5) is 0 Å². The fraction of sp³-hybridized carbons (Fsp3) is 0.286. The molecule has 1 aromatic heterocycles. The normalized spacial score (nSPS) is 11.5. The number of nitrogens with zero attached hydrogens (tertiary/aromatic N) is 2. The van der Waals surface area contributed by atoms with Gasteiger partial charge in [-0.2, -0.15) is 5.26 Å². The Balaban J connectivity index is 1.44. The number of aliphatic hydroxyl groups is 2. The lowest BCUT2D eigenvalue weighted by Gasteiger charge is -2.17. The predicted octanol–water partition coefficient (Wildman–Crippen LogP) is 5.57. The van der Waals surface area contributed by atoms with E-state index in [0.29, 0.717) is 48.6 Å². The molecule has 0 aliphatic heterocycles. The first-order valence-electron chi connectivity index (χ1n) is 14.5. The van der Waals surface area contributed by atoms with Crippen LogP contribution in [0.5, 0.6) is 17.2 Å². The van der Waals surface area contributed by atoms with Crippen LogP contribution >= 0.6 is 11.6 Å². The molecule has 3 aromatic carbocycles. The first-order valence-corrected chi connectivity index (χ1v) is 14.9. The topological polar surface area (TPSA) is 134 Å². The number of ether oxygens (including phenoxy) is 3. The van der Waals surface area contributed by atoms with Crippen molar-refractivity contribution in [1.29, 1.82) is 5.26 Å². The summed E-state index contributed by atoms with van der Waals surface area (Å²) < 4.78 is 18.1. The molecule has 0 fully saturated rings. The molecule has 0 saturated carbocycles. The minimum absolute atomic E-state index is 0.110. The second-order valence-corrected chi connectivity index (χ2v) is 10.9. The summed E-state index contributed by atoms with van der Waals surface area (Å²) in [6.07, 6.45) is 3.73. The van der Waals surface area contributed by atoms with E-state index in [1.54, 1.807) is 18.3 Å². The summed E-state index contributed by atoms with van der Waals surface area (Å²) >= 11 is 6.47. The van der Waals surface area contributed by atoms with Gasteiger partial charge in [-0.25, -0.2) is 0 Å². The number of pyridine rings is 1. The second kappa shape index (κ2) is 16.6. The molecule has 234 valence electrons. The fourth-order valence-electron chi connectivity index (χ4n) is 4.73. The van der Waals surface area contributed by atoms with Gasteiger partial charge in [-0.3, -0.25) is 9.78 Å². The van der Waals surface area contributed by atoms with Gasteiger partial charge in [0.1, 0.15) is 36.5 Å². The van der Waals surface area contributed by atoms with Crippen LogP contribution in [-0.4, -0.2) is 53.9 Å². The van der Waals surface area contributed by atoms with Crippen LogP contribution in [0.2, 0.25) is 5.02 Å². The van der Waals surface area contributed by atoms with Crippen molar-refractivity contribution in [1.82, 2.24) is 10.3 Å². The molecular formula is C35H36ClN3O6. The van der Waals surface area contributed by atoms with Crippen molar-refractivity contribution in [2.75, 3.05) is 26.3 Å². The summed E-state index contributed by atoms with van der Waals surface area (Å²) in [5.41, 5.74) is 6.52. The molecule has 0 radical (unpaired) electrons. The number of aliphatic hydroxyl groups excluding tert-OH is 2. The number of benzene rings is 3. The van der Waals surface area contributed by atoms with Gasteiger partial charge in [0, 0.05) is 30.6 Å². The summed E-state index contributed by atoms with van der Waals surface area (Å²) in [7, 11) is 0. The summed E-state index contributed by atoms with van der Waals surface area (Å²) in [4.78, 5) is 15.8. The SMILES string of the molecule is Cc1c(COc2cc(OCc3cncc(C#N)c3)c(C=O)cc2Cl)cccc1-c1cccc(OCCCNC[C@H](O)CO)c1C. The molecule has 10 heteroatoms. The van der Waals surface area contributed by atoms with E-state index < -0.39 is 6.10 Å². The van der Waals surface area contributed by atoms with Crippen molar-refractivity contribution in [3.8, 4) is 34.4 Å². The van der Waals surface area contributed by atoms with Crippen LogP contribution in [0.3, 0.4) is 0 Å². The summed E-state index contributed by atoms with van der Waals surface area (Å²) in [5, 5.41) is 30.8. The quantitative estimate of drug-likeness (QED) is 0.107. The Hall–Kier alpha value is -4.46. The van der Waals surface area contributed by atoms with E-state index in [0.717, 1.165) is 40.0 Å². The number of carbonyl (C=O) groups excluding carboxylic acids is 1. The number of nitrogens with one attached hydrogen (secondary N) is 1. The molecule has 0 bridgehead atoms. The third-order valence-corrected chi connectivity index (χ3v) is 7.55. The number of hydrogen-bond donors (Lipinski definition) is 3. The minimum Gasteiger partial charge on any atom is -0.493 e. The molecular weight excluding hydrogens is 594 g/mol. The van der Waals surface area contributed by atoms with Crippen molar-refractivity contribution in [3.63, 3.8) is 0 Å². The van der Waals surface area contributed by atoms with Crippen LogP contribution in [0.25, 0.3) is 11.1 Å². The third-order valence-electron chi connectivity index (χ3n) is 7.26. The molecule has 0 unspecified atom stereocenters. The predicted molar refractivity (Wildman–Crippen MR) is 172 cm³/mol. The highest BCUT2D eigenvalue weighted by molar-refractivity contribution is 6.32. The molecule has 1 atom stereocenters. The summed E-state index contributed by atoms with van der Waals surface area (Å²) in [6.45, 7) is 5.68. The van der Waals surface area contributed by atoms with Crippen LogP contribution in [0.15, 0.2) is 67.0 Å². The van der Waals surface area contributed by atoms with E-state index in [4.69, 9.17) is 36.2 Å². The van der Waals surface area contributed by atoms with Crippen molar-refractivity contribution < 1.29 is 29.2 Å². The van der Waals surface area contributed by atoms with Crippen LogP contribution in [-0.2, 0) is 13.2 Å². The van der Waals surface area contributed by atoms with Gasteiger partial charge in [-0.1, -0.05) is 41.9 Å². The maximum absolute atomic E-state index is 11.7. The van der Waals surface area contributed by atoms with Gasteiger partial charge in [-0.15, -0.1) is 0 Å². The lowest BCUT2D eigenvalue weighted by molar-refractivity contribution is 0.0942. The number of aromatic nitrogens is 1. The first-order chi connectivity index (χ1) is 21.8. The van der Waals surface area contributed by atoms with Gasteiger partial charge < -0.3 is 29.7 Å². The maximum Gasteiger partial charge on any atom is 0.153 e. The highest BCUT2D eigenvalue weighted by Crippen LogP contribution is 2.36. The number of halogens is 1. The molecule has 4 aromatic rings. The smallest absolute Gasteiger partial charge is 0.153 e. The molecule has 0 saturated heterocycles. The lowest BCUT2D eigenvalue weighted by atomic mass is 9.93. The monoisotopic (exact) mass is 629 g/mol. The molecule has 4 rings (SSSR count). The van der Waals surface area contributed by atoms with E-state index in [-0.39, 0.29) is 30.4 Å². The molecule has 3 N–H and O–H groups in total. The number of hydrogen-bond acceptors (Lipinski definition) is 9. The van der Waals surface area contributed by atoms with Crippen LogP contribution in [0, 0.1) is 25.2 Å². The van der Waals surface area contributed by atoms with E-state index in [1.807, 2.05) is 44.2 Å². The van der Waals surface area contributed by atoms with E-state index in [2.05, 4.69) is 22.4 Å². The summed E-state index contributed by atoms with van der Waals surface area (Å²) in [5.74, 6) is 1.48. The molecule has 1 heterocycles. The highest BCUT2D eigenvalue weighted by atomic mass is 35.5. The van der Waals surface area contributed by atoms with E-state index >= 15 is 0 Å². The highest BCUT2D eigenvalue weighted by Gasteiger charge is 2.15. The zero-order chi connectivity index (χ0) is 32.2. The molecule has 0 spiro atoms. The lowest BCUT2D eigenvalue weighted by Crippen LogP contribution is -2.30. The van der Waals surface area contributed by atoms with E-state index in [1.165, 1.54) is 12.3 Å². The minimum atomic E-state index is -0.760. The van der Waals surface area contributed by atoms with Gasteiger partial charge >= 0.3 is 0 Å². The van der Waals surface area contributed by atoms with Gasteiger partial charge in [0.25, 0.3) is 0 Å². The molecule has 45 heavy (non-hydrogen) atoms. The van der Waals surface area contributed by atoms with Crippen molar-refractivity contribution in [3.05, 3.63) is 105 Å². The van der Waals surface area contributed by atoms with Gasteiger partial charge in [0.2, 0.25) is 0 Å². The Labute approximate surface area is 268 Å². The van der Waals surface area contributed by atoms with Crippen molar-refractivity contribution in [2.45, 2.75) is 39.6 Å². The van der Waals surface area contributed by atoms with E-state index in [9.17, 15) is 9.90 Å². The van der Waals surface area contributed by atoms with Crippen LogP contribution < -0.4 is 19.5 Å². The maximum atomic E-state index is 11.7. The average Bonchev–Trinajstić information content (AvgIpc) is 3.06. The second-order valence-electron chi connectivity index (χ2n) is 10.5. The number of aldehydes is 1. The molecule has 9 nitrogen and oxygen atoms in total. The fourth-order valence-corrected chi connectivity index (χ4v) is 4.96. The number of nitriles is 1. The average molecular weight is 630 g/mol. The van der Waals surface area contributed by atoms with Crippen LogP contribution in [0.1, 0.15) is 44.6 Å².